The molecule has 8 heteroatoms. The van der Waals surface area contributed by atoms with Crippen molar-refractivity contribution in [3.8, 4) is 11.5 Å². The number of benzene rings is 2. The number of ether oxygens (including phenoxy) is 2. The zero-order valence-electron chi connectivity index (χ0n) is 18.3. The highest BCUT2D eigenvalue weighted by Crippen LogP contribution is 2.20. The van der Waals surface area contributed by atoms with E-state index in [1.165, 1.54) is 0 Å². The van der Waals surface area contributed by atoms with Crippen LogP contribution < -0.4 is 14.2 Å². The van der Waals surface area contributed by atoms with Crippen LogP contribution in [0, 0.1) is 13.8 Å². The van der Waals surface area contributed by atoms with Crippen LogP contribution in [0.25, 0.3) is 0 Å². The summed E-state index contributed by atoms with van der Waals surface area (Å²) in [5.74, 6) is 1.25. The van der Waals surface area contributed by atoms with Crippen molar-refractivity contribution in [2.45, 2.75) is 44.6 Å². The van der Waals surface area contributed by atoms with Crippen molar-refractivity contribution >= 4 is 15.9 Å². The van der Waals surface area contributed by atoms with E-state index in [0.717, 1.165) is 16.9 Å². The smallest absolute Gasteiger partial charge is 0.260 e. The molecule has 1 aliphatic rings. The molecule has 0 unspecified atom stereocenters. The zero-order valence-corrected chi connectivity index (χ0v) is 19.1. The molecule has 1 heterocycles. The molecule has 1 amide bonds. The van der Waals surface area contributed by atoms with E-state index in [0.29, 0.717) is 43.2 Å². The summed E-state index contributed by atoms with van der Waals surface area (Å²) in [6.45, 7) is 7.18. The van der Waals surface area contributed by atoms with Gasteiger partial charge in [-0.3, -0.25) is 4.79 Å². The summed E-state index contributed by atoms with van der Waals surface area (Å²) in [5.41, 5.74) is 1.75. The predicted octanol–water partition coefficient (Wildman–Crippen LogP) is 3.05. The van der Waals surface area contributed by atoms with E-state index in [2.05, 4.69) is 4.72 Å². The standard InChI is InChI=1S/C23H30N2O5S/c1-4-29-20-6-8-21(9-7-20)30-16-23(26)25-13-11-19(12-14-25)24-31(27,28)22-10-5-17(2)15-18(22)3/h5-10,15,19,24H,4,11-14,16H2,1-3H3. The SMILES string of the molecule is CCOc1ccc(OCC(=O)N2CCC(NS(=O)(=O)c3ccc(C)cc3C)CC2)cc1. The number of amides is 1. The van der Waals surface area contributed by atoms with Crippen molar-refractivity contribution in [2.75, 3.05) is 26.3 Å². The van der Waals surface area contributed by atoms with Crippen molar-refractivity contribution in [3.63, 3.8) is 0 Å². The fourth-order valence-electron chi connectivity index (χ4n) is 3.67. The van der Waals surface area contributed by atoms with Crippen LogP contribution in [0.1, 0.15) is 30.9 Å². The molecule has 1 fully saturated rings. The van der Waals surface area contributed by atoms with Gasteiger partial charge in [-0.1, -0.05) is 17.7 Å². The third-order valence-corrected chi connectivity index (χ3v) is 6.97. The van der Waals surface area contributed by atoms with Gasteiger partial charge in [-0.05, 0) is 69.5 Å². The van der Waals surface area contributed by atoms with Crippen LogP contribution >= 0.6 is 0 Å². The summed E-state index contributed by atoms with van der Waals surface area (Å²) in [4.78, 5) is 14.5. The molecule has 0 atom stereocenters. The number of nitrogens with one attached hydrogen (secondary N) is 1. The lowest BCUT2D eigenvalue weighted by Crippen LogP contribution is -2.47. The highest BCUT2D eigenvalue weighted by atomic mass is 32.2. The van der Waals surface area contributed by atoms with E-state index < -0.39 is 10.0 Å². The van der Waals surface area contributed by atoms with Crippen molar-refractivity contribution in [2.24, 2.45) is 0 Å². The minimum Gasteiger partial charge on any atom is -0.494 e. The molecule has 0 saturated carbocycles. The van der Waals surface area contributed by atoms with E-state index in [-0.39, 0.29) is 18.6 Å². The lowest BCUT2D eigenvalue weighted by Gasteiger charge is -2.32. The van der Waals surface area contributed by atoms with E-state index in [1.807, 2.05) is 19.9 Å². The van der Waals surface area contributed by atoms with Gasteiger partial charge in [-0.15, -0.1) is 0 Å². The van der Waals surface area contributed by atoms with Crippen LogP contribution in [0.3, 0.4) is 0 Å². The maximum Gasteiger partial charge on any atom is 0.260 e. The molecule has 31 heavy (non-hydrogen) atoms. The monoisotopic (exact) mass is 446 g/mol. The Balaban J connectivity index is 1.48. The number of carbonyl (C=O) groups excluding carboxylic acids is 1. The Kier molecular flexibility index (Phi) is 7.56. The van der Waals surface area contributed by atoms with Gasteiger partial charge in [0.25, 0.3) is 5.91 Å². The molecule has 7 nitrogen and oxygen atoms in total. The van der Waals surface area contributed by atoms with Gasteiger partial charge in [0.1, 0.15) is 11.5 Å². The molecule has 2 aromatic rings. The Labute approximate surface area is 184 Å². The maximum atomic E-state index is 12.8. The quantitative estimate of drug-likeness (QED) is 0.674. The molecular weight excluding hydrogens is 416 g/mol. The first-order valence-corrected chi connectivity index (χ1v) is 12.0. The van der Waals surface area contributed by atoms with Gasteiger partial charge in [0.15, 0.2) is 6.61 Å². The van der Waals surface area contributed by atoms with Crippen LogP contribution in [0.15, 0.2) is 47.4 Å². The molecule has 0 bridgehead atoms. The van der Waals surface area contributed by atoms with Gasteiger partial charge in [0.05, 0.1) is 11.5 Å². The van der Waals surface area contributed by atoms with E-state index in [9.17, 15) is 13.2 Å². The topological polar surface area (TPSA) is 84.9 Å². The average Bonchev–Trinajstić information content (AvgIpc) is 2.73. The highest BCUT2D eigenvalue weighted by molar-refractivity contribution is 7.89. The highest BCUT2D eigenvalue weighted by Gasteiger charge is 2.27. The van der Waals surface area contributed by atoms with Gasteiger partial charge in [0, 0.05) is 19.1 Å². The second-order valence-electron chi connectivity index (χ2n) is 7.74. The molecule has 0 spiro atoms. The summed E-state index contributed by atoms with van der Waals surface area (Å²) >= 11 is 0. The number of likely N-dealkylation sites (tertiary alicyclic amines) is 1. The minimum atomic E-state index is -3.59. The summed E-state index contributed by atoms with van der Waals surface area (Å²) in [5, 5.41) is 0. The minimum absolute atomic E-state index is 0.0487. The third-order valence-electron chi connectivity index (χ3n) is 5.29. The van der Waals surface area contributed by atoms with Crippen LogP contribution in [0.5, 0.6) is 11.5 Å². The molecule has 1 aliphatic heterocycles. The van der Waals surface area contributed by atoms with Crippen LogP contribution in [0.4, 0.5) is 0 Å². The Morgan fingerprint density at radius 3 is 2.23 bits per heavy atom. The zero-order chi connectivity index (χ0) is 22.4. The molecule has 0 aromatic heterocycles. The first-order chi connectivity index (χ1) is 14.8. The Hall–Kier alpha value is -2.58. The van der Waals surface area contributed by atoms with Gasteiger partial charge in [-0.25, -0.2) is 13.1 Å². The fraction of sp³-hybridized carbons (Fsp3) is 0.435. The number of aryl methyl sites for hydroxylation is 2. The number of hydrogen-bond donors (Lipinski definition) is 1. The Bertz CT molecular complexity index is 997. The Morgan fingerprint density at radius 2 is 1.65 bits per heavy atom. The average molecular weight is 447 g/mol. The number of rotatable bonds is 8. The van der Waals surface area contributed by atoms with Crippen LogP contribution in [-0.2, 0) is 14.8 Å². The molecular formula is C23H30N2O5S. The van der Waals surface area contributed by atoms with Crippen molar-refractivity contribution < 1.29 is 22.7 Å². The summed E-state index contributed by atoms with van der Waals surface area (Å²) in [7, 11) is -3.59. The van der Waals surface area contributed by atoms with Gasteiger partial charge in [0.2, 0.25) is 10.0 Å². The summed E-state index contributed by atoms with van der Waals surface area (Å²) < 4.78 is 39.3. The molecule has 168 valence electrons. The molecule has 2 aromatic carbocycles. The first-order valence-electron chi connectivity index (χ1n) is 10.5. The lowest BCUT2D eigenvalue weighted by molar-refractivity contribution is -0.134. The molecule has 0 aliphatic carbocycles. The van der Waals surface area contributed by atoms with E-state index >= 15 is 0 Å². The Morgan fingerprint density at radius 1 is 1.03 bits per heavy atom. The lowest BCUT2D eigenvalue weighted by atomic mass is 10.1. The normalized spacial score (nSPS) is 15.0. The number of piperidine rings is 1. The van der Waals surface area contributed by atoms with Crippen molar-refractivity contribution in [1.29, 1.82) is 0 Å². The van der Waals surface area contributed by atoms with Crippen LogP contribution in [0.2, 0.25) is 0 Å². The third kappa shape index (κ3) is 6.21. The second-order valence-corrected chi connectivity index (χ2v) is 9.42. The molecule has 0 radical (unpaired) electrons. The van der Waals surface area contributed by atoms with Gasteiger partial charge >= 0.3 is 0 Å². The first kappa shape index (κ1) is 23.1. The number of carbonyl (C=O) groups is 1. The van der Waals surface area contributed by atoms with E-state index in [1.54, 1.807) is 48.2 Å². The van der Waals surface area contributed by atoms with Crippen LogP contribution in [-0.4, -0.2) is 51.6 Å². The largest absolute Gasteiger partial charge is 0.494 e. The molecule has 1 saturated heterocycles. The van der Waals surface area contributed by atoms with E-state index in [4.69, 9.17) is 9.47 Å². The summed E-state index contributed by atoms with van der Waals surface area (Å²) in [6, 6.07) is 12.3. The molecule has 3 rings (SSSR count). The number of nitrogens with zero attached hydrogens (tertiary/aromatic N) is 1. The summed E-state index contributed by atoms with van der Waals surface area (Å²) in [6.07, 6.45) is 1.14. The maximum absolute atomic E-state index is 12.8. The van der Waals surface area contributed by atoms with Crippen molar-refractivity contribution in [3.05, 3.63) is 53.6 Å². The predicted molar refractivity (Wildman–Crippen MR) is 119 cm³/mol. The molecule has 1 N–H and O–H groups in total. The van der Waals surface area contributed by atoms with Gasteiger partial charge < -0.3 is 14.4 Å². The van der Waals surface area contributed by atoms with Gasteiger partial charge in [-0.2, -0.15) is 0 Å². The number of sulfonamides is 1. The van der Waals surface area contributed by atoms with Crippen molar-refractivity contribution in [1.82, 2.24) is 9.62 Å². The fourth-order valence-corrected chi connectivity index (χ4v) is 5.20. The number of hydrogen-bond acceptors (Lipinski definition) is 5. The second kappa shape index (κ2) is 10.2.